The van der Waals surface area contributed by atoms with Crippen molar-refractivity contribution in [2.45, 2.75) is 37.6 Å². The van der Waals surface area contributed by atoms with Crippen LogP contribution >= 0.6 is 11.6 Å². The number of hydrogen-bond donors (Lipinski definition) is 1. The first kappa shape index (κ1) is 20.5. The van der Waals surface area contributed by atoms with Gasteiger partial charge in [0.2, 0.25) is 0 Å². The van der Waals surface area contributed by atoms with Gasteiger partial charge in [-0.3, -0.25) is 4.79 Å². The smallest absolute Gasteiger partial charge is 0.283 e. The average Bonchev–Trinajstić information content (AvgIpc) is 3.48. The molecule has 1 aliphatic carbocycles. The lowest BCUT2D eigenvalue weighted by Gasteiger charge is -2.35. The molecule has 1 aromatic heterocycles. The number of alkyl halides is 1. The molecule has 1 fully saturated rings. The molecule has 0 spiro atoms. The van der Waals surface area contributed by atoms with E-state index < -0.39 is 17.5 Å². The summed E-state index contributed by atoms with van der Waals surface area (Å²) in [5, 5.41) is 0.151. The van der Waals surface area contributed by atoms with Gasteiger partial charge in [0.25, 0.3) is 6.02 Å². The van der Waals surface area contributed by atoms with Crippen LogP contribution in [-0.4, -0.2) is 36.2 Å². The van der Waals surface area contributed by atoms with Gasteiger partial charge >= 0.3 is 0 Å². The summed E-state index contributed by atoms with van der Waals surface area (Å²) in [6.07, 6.45) is 0.0434. The molecule has 6 nitrogen and oxygen atoms in total. The van der Waals surface area contributed by atoms with Crippen LogP contribution in [0.15, 0.2) is 35.5 Å². The van der Waals surface area contributed by atoms with Gasteiger partial charge in [-0.2, -0.15) is 0 Å². The first-order chi connectivity index (χ1) is 14.3. The van der Waals surface area contributed by atoms with Gasteiger partial charge in [-0.25, -0.2) is 18.8 Å². The quantitative estimate of drug-likeness (QED) is 0.700. The van der Waals surface area contributed by atoms with E-state index in [0.717, 1.165) is 0 Å². The van der Waals surface area contributed by atoms with Crippen LogP contribution in [0, 0.1) is 11.7 Å². The van der Waals surface area contributed by atoms with Crippen LogP contribution < -0.4 is 10.5 Å². The highest BCUT2D eigenvalue weighted by Crippen LogP contribution is 2.55. The highest BCUT2D eigenvalue weighted by Gasteiger charge is 2.62. The number of methoxy groups -OCH3 is 1. The summed E-state index contributed by atoms with van der Waals surface area (Å²) < 4.78 is 40.1. The first-order valence-corrected chi connectivity index (χ1v) is 9.81. The number of hydrogen-bond acceptors (Lipinski definition) is 6. The topological polar surface area (TPSA) is 86.8 Å². The number of aliphatic imine (C=N–C) groups is 1. The number of nitrogens with zero attached hydrogens (tertiary/aromatic N) is 2. The van der Waals surface area contributed by atoms with Gasteiger partial charge in [-0.1, -0.05) is 17.7 Å². The zero-order chi connectivity index (χ0) is 21.6. The second-order valence-electron chi connectivity index (χ2n) is 7.51. The Morgan fingerprint density at radius 1 is 1.47 bits per heavy atom. The molecule has 1 aliphatic heterocycles. The summed E-state index contributed by atoms with van der Waals surface area (Å²) in [7, 11) is 1.46. The van der Waals surface area contributed by atoms with Crippen molar-refractivity contribution in [3.8, 4) is 5.75 Å². The Bertz CT molecular complexity index is 1050. The molecule has 2 heterocycles. The summed E-state index contributed by atoms with van der Waals surface area (Å²) in [6, 6.07) is 5.49. The summed E-state index contributed by atoms with van der Waals surface area (Å²) >= 11 is 6.13. The van der Waals surface area contributed by atoms with E-state index >= 15 is 0 Å². The number of ketones is 1. The molecule has 1 saturated carbocycles. The standard InChI is InChI=1S/C21H20ClF2N3O3/c1-10(23)21(14-8-18(14)30-20(25)27-21)13-5-11(3-4-16(13)24)6-17(28)19-15(22)7-12(29-2)9-26-19/h3-5,7,9-10,14,18H,6,8H2,1-2H3,(H2,25,27)/t10?,14-,18+,21+/m0/s1. The minimum absolute atomic E-state index is 0.0651. The molecule has 4 atom stereocenters. The summed E-state index contributed by atoms with van der Waals surface area (Å²) in [4.78, 5) is 21.0. The van der Waals surface area contributed by atoms with Crippen LogP contribution in [0.25, 0.3) is 0 Å². The van der Waals surface area contributed by atoms with Gasteiger partial charge in [-0.15, -0.1) is 0 Å². The summed E-state index contributed by atoms with van der Waals surface area (Å²) in [5.74, 6) is -0.862. The molecular formula is C21H20ClF2N3O3. The van der Waals surface area contributed by atoms with Crippen molar-refractivity contribution in [3.05, 3.63) is 58.1 Å². The van der Waals surface area contributed by atoms with Crippen molar-refractivity contribution >= 4 is 23.4 Å². The summed E-state index contributed by atoms with van der Waals surface area (Å²) in [6.45, 7) is 1.33. The van der Waals surface area contributed by atoms with Gasteiger partial charge in [0, 0.05) is 24.0 Å². The highest BCUT2D eigenvalue weighted by molar-refractivity contribution is 6.33. The zero-order valence-corrected chi connectivity index (χ0v) is 17.1. The third-order valence-corrected chi connectivity index (χ3v) is 5.90. The molecule has 9 heteroatoms. The molecule has 2 N–H and O–H groups in total. The van der Waals surface area contributed by atoms with E-state index in [1.54, 1.807) is 0 Å². The zero-order valence-electron chi connectivity index (χ0n) is 16.4. The molecular weight excluding hydrogens is 416 g/mol. The maximum Gasteiger partial charge on any atom is 0.283 e. The number of Topliss-reactive ketones (excluding diaryl/α,β-unsaturated/α-hetero) is 1. The number of halogens is 3. The lowest BCUT2D eigenvalue weighted by atomic mass is 9.80. The van der Waals surface area contributed by atoms with Gasteiger partial charge < -0.3 is 15.2 Å². The number of fused-ring (bicyclic) bond motifs is 1. The first-order valence-electron chi connectivity index (χ1n) is 9.44. The molecule has 2 aliphatic rings. The minimum atomic E-state index is -1.51. The Kier molecular flexibility index (Phi) is 5.13. The van der Waals surface area contributed by atoms with Crippen molar-refractivity contribution in [2.24, 2.45) is 16.6 Å². The van der Waals surface area contributed by atoms with Crippen molar-refractivity contribution in [2.75, 3.05) is 7.11 Å². The monoisotopic (exact) mass is 435 g/mol. The maximum atomic E-state index is 14.9. The third-order valence-electron chi connectivity index (χ3n) is 5.61. The summed E-state index contributed by atoms with van der Waals surface area (Å²) in [5.41, 5.74) is 4.89. The van der Waals surface area contributed by atoms with Gasteiger partial charge in [-0.05, 0) is 31.0 Å². The Hall–Kier alpha value is -2.74. The van der Waals surface area contributed by atoms with Gasteiger partial charge in [0.05, 0.1) is 18.3 Å². The van der Waals surface area contributed by atoms with E-state index in [0.29, 0.717) is 17.7 Å². The molecule has 30 heavy (non-hydrogen) atoms. The molecule has 2 aromatic rings. The number of aromatic nitrogens is 1. The largest absolute Gasteiger partial charge is 0.495 e. The second kappa shape index (κ2) is 7.50. The van der Waals surface area contributed by atoms with E-state index in [1.165, 1.54) is 44.5 Å². The number of amidine groups is 1. The number of ether oxygens (including phenoxy) is 2. The van der Waals surface area contributed by atoms with E-state index in [9.17, 15) is 13.6 Å². The van der Waals surface area contributed by atoms with Crippen LogP contribution in [0.3, 0.4) is 0 Å². The van der Waals surface area contributed by atoms with E-state index in [1.807, 2.05) is 0 Å². The van der Waals surface area contributed by atoms with Crippen molar-refractivity contribution < 1.29 is 23.0 Å². The predicted octanol–water partition coefficient (Wildman–Crippen LogP) is 3.59. The van der Waals surface area contributed by atoms with E-state index in [-0.39, 0.29) is 46.5 Å². The Labute approximate surface area is 177 Å². The number of pyridine rings is 1. The Morgan fingerprint density at radius 2 is 2.23 bits per heavy atom. The van der Waals surface area contributed by atoms with Crippen molar-refractivity contribution in [3.63, 3.8) is 0 Å². The molecule has 0 bridgehead atoms. The average molecular weight is 436 g/mol. The van der Waals surface area contributed by atoms with Crippen LogP contribution in [0.1, 0.15) is 35.0 Å². The molecule has 1 aromatic carbocycles. The number of rotatable bonds is 6. The molecule has 0 radical (unpaired) electrons. The molecule has 158 valence electrons. The SMILES string of the molecule is COc1cnc(C(=O)Cc2ccc(F)c([C@@]3(C(C)F)N=C(N)O[C@@H]4C[C@@H]43)c2)c(Cl)c1. The molecule has 1 unspecified atom stereocenters. The molecule has 0 saturated heterocycles. The van der Waals surface area contributed by atoms with Crippen LogP contribution in [0.4, 0.5) is 8.78 Å². The van der Waals surface area contributed by atoms with Crippen LogP contribution in [0.5, 0.6) is 5.75 Å². The van der Waals surface area contributed by atoms with Gasteiger partial charge in [0.1, 0.15) is 35.1 Å². The predicted molar refractivity (Wildman–Crippen MR) is 107 cm³/mol. The fraction of sp³-hybridized carbons (Fsp3) is 0.381. The lowest BCUT2D eigenvalue weighted by Crippen LogP contribution is -2.44. The highest BCUT2D eigenvalue weighted by atomic mass is 35.5. The number of benzene rings is 1. The second-order valence-corrected chi connectivity index (χ2v) is 7.92. The van der Waals surface area contributed by atoms with E-state index in [2.05, 4.69) is 9.98 Å². The normalized spacial score (nSPS) is 25.6. The Balaban J connectivity index is 1.69. The van der Waals surface area contributed by atoms with Crippen LogP contribution in [-0.2, 0) is 16.7 Å². The number of nitrogens with two attached hydrogens (primary N) is 1. The third kappa shape index (κ3) is 3.39. The minimum Gasteiger partial charge on any atom is -0.495 e. The number of carbonyl (C=O) groups is 1. The lowest BCUT2D eigenvalue weighted by molar-refractivity contribution is 0.0987. The van der Waals surface area contributed by atoms with Crippen molar-refractivity contribution in [1.82, 2.24) is 4.98 Å². The maximum absolute atomic E-state index is 14.9. The molecule has 0 amide bonds. The fourth-order valence-electron chi connectivity index (χ4n) is 4.07. The fourth-order valence-corrected chi connectivity index (χ4v) is 4.33. The van der Waals surface area contributed by atoms with Crippen molar-refractivity contribution in [1.29, 1.82) is 0 Å². The van der Waals surface area contributed by atoms with Gasteiger partial charge in [0.15, 0.2) is 5.78 Å². The van der Waals surface area contributed by atoms with Crippen LogP contribution in [0.2, 0.25) is 5.02 Å². The molecule has 4 rings (SSSR count). The Morgan fingerprint density at radius 3 is 2.90 bits per heavy atom. The van der Waals surface area contributed by atoms with E-state index in [4.69, 9.17) is 26.8 Å². The number of carbonyl (C=O) groups excluding carboxylic acids is 1.